The number of rotatable bonds is 6. The molecule has 0 unspecified atom stereocenters. The molecule has 20 heavy (non-hydrogen) atoms. The number of nitrogens with zero attached hydrogens (tertiary/aromatic N) is 1. The molecule has 3 nitrogen and oxygen atoms in total. The van der Waals surface area contributed by atoms with Gasteiger partial charge in [0.2, 0.25) is 11.2 Å². The standard InChI is InChI=1S/C16H20N2OS/c1-18-14(12-16(20-3)17-10-11-19-2)9-8-13-6-4-5-7-15(13)18/h4-9,12H,10-11H2,1-3H3/p+1. The average Bonchev–Trinajstić information content (AvgIpc) is 2.49. The quantitative estimate of drug-likeness (QED) is 0.653. The molecule has 1 N–H and O–H groups in total. The van der Waals surface area contributed by atoms with E-state index in [2.05, 4.69) is 65.7 Å². The highest BCUT2D eigenvalue weighted by Crippen LogP contribution is 2.14. The summed E-state index contributed by atoms with van der Waals surface area (Å²) in [6.45, 7) is 1.53. The lowest BCUT2D eigenvalue weighted by atomic mass is 10.2. The first-order valence-electron chi connectivity index (χ1n) is 6.62. The Morgan fingerprint density at radius 2 is 2.10 bits per heavy atom. The van der Waals surface area contributed by atoms with Crippen LogP contribution < -0.4 is 9.88 Å². The van der Waals surface area contributed by atoms with Gasteiger partial charge < -0.3 is 10.1 Å². The molecule has 1 aromatic carbocycles. The number of hydrogen-bond acceptors (Lipinski definition) is 3. The predicted octanol–water partition coefficient (Wildman–Crippen LogP) is 2.56. The maximum absolute atomic E-state index is 5.06. The highest BCUT2D eigenvalue weighted by atomic mass is 32.2. The fourth-order valence-corrected chi connectivity index (χ4v) is 2.58. The minimum atomic E-state index is 0.710. The molecule has 1 heterocycles. The second-order valence-corrected chi connectivity index (χ2v) is 5.36. The van der Waals surface area contributed by atoms with Gasteiger partial charge in [0, 0.05) is 37.2 Å². The van der Waals surface area contributed by atoms with Crippen LogP contribution in [0.3, 0.4) is 0 Å². The van der Waals surface area contributed by atoms with Crippen molar-refractivity contribution in [2.24, 2.45) is 7.05 Å². The molecule has 106 valence electrons. The SMILES string of the molecule is COCCN/C(=C/c1ccc2ccccc2[n+]1C)SC. The van der Waals surface area contributed by atoms with Gasteiger partial charge in [0.15, 0.2) is 0 Å². The molecule has 2 aromatic rings. The second kappa shape index (κ2) is 7.31. The topological polar surface area (TPSA) is 25.1 Å². The molecule has 4 heteroatoms. The zero-order chi connectivity index (χ0) is 14.4. The number of nitrogens with one attached hydrogen (secondary N) is 1. The average molecular weight is 289 g/mol. The lowest BCUT2D eigenvalue weighted by Crippen LogP contribution is -2.33. The van der Waals surface area contributed by atoms with Crippen LogP contribution >= 0.6 is 11.8 Å². The summed E-state index contributed by atoms with van der Waals surface area (Å²) in [6.07, 6.45) is 4.25. The van der Waals surface area contributed by atoms with Crippen molar-refractivity contribution in [2.45, 2.75) is 0 Å². The van der Waals surface area contributed by atoms with Gasteiger partial charge in [-0.15, -0.1) is 11.8 Å². The van der Waals surface area contributed by atoms with Crippen LogP contribution in [0.25, 0.3) is 17.0 Å². The number of hydrogen-bond donors (Lipinski definition) is 1. The third kappa shape index (κ3) is 3.52. The van der Waals surface area contributed by atoms with Gasteiger partial charge in [0.05, 0.1) is 11.6 Å². The minimum Gasteiger partial charge on any atom is -0.383 e. The molecular weight excluding hydrogens is 268 g/mol. The molecule has 2 rings (SSSR count). The number of aromatic nitrogens is 1. The Bertz CT molecular complexity index is 610. The Kier molecular flexibility index (Phi) is 5.44. The third-order valence-corrected chi connectivity index (χ3v) is 3.93. The van der Waals surface area contributed by atoms with Crippen molar-refractivity contribution in [1.82, 2.24) is 5.32 Å². The van der Waals surface area contributed by atoms with Gasteiger partial charge >= 0.3 is 0 Å². The van der Waals surface area contributed by atoms with E-state index in [4.69, 9.17) is 4.74 Å². The van der Waals surface area contributed by atoms with Crippen LogP contribution in [0.4, 0.5) is 0 Å². The summed E-state index contributed by atoms with van der Waals surface area (Å²) in [5.74, 6) is 0. The molecule has 0 fully saturated rings. The Labute approximate surface area is 124 Å². The number of para-hydroxylation sites is 1. The van der Waals surface area contributed by atoms with Crippen molar-refractivity contribution in [3.63, 3.8) is 0 Å². The highest BCUT2D eigenvalue weighted by Gasteiger charge is 2.09. The predicted molar refractivity (Wildman–Crippen MR) is 86.5 cm³/mol. The van der Waals surface area contributed by atoms with Crippen molar-refractivity contribution in [1.29, 1.82) is 0 Å². The van der Waals surface area contributed by atoms with Crippen molar-refractivity contribution in [3.05, 3.63) is 47.1 Å². The van der Waals surface area contributed by atoms with Crippen LogP contribution in [0.5, 0.6) is 0 Å². The zero-order valence-corrected chi connectivity index (χ0v) is 13.0. The molecule has 0 saturated carbocycles. The summed E-state index contributed by atoms with van der Waals surface area (Å²) >= 11 is 1.71. The van der Waals surface area contributed by atoms with Crippen LogP contribution in [0.1, 0.15) is 5.69 Å². The first-order chi connectivity index (χ1) is 9.76. The molecule has 0 amide bonds. The smallest absolute Gasteiger partial charge is 0.212 e. The van der Waals surface area contributed by atoms with E-state index in [-0.39, 0.29) is 0 Å². The van der Waals surface area contributed by atoms with Gasteiger partial charge in [-0.1, -0.05) is 12.1 Å². The van der Waals surface area contributed by atoms with Gasteiger partial charge in [-0.05, 0) is 18.4 Å². The van der Waals surface area contributed by atoms with Gasteiger partial charge in [-0.2, -0.15) is 4.57 Å². The maximum atomic E-state index is 5.06. The highest BCUT2D eigenvalue weighted by molar-refractivity contribution is 8.02. The summed E-state index contributed by atoms with van der Waals surface area (Å²) in [5.41, 5.74) is 2.41. The fourth-order valence-electron chi connectivity index (χ4n) is 2.10. The van der Waals surface area contributed by atoms with E-state index in [1.807, 2.05) is 0 Å². The van der Waals surface area contributed by atoms with E-state index in [9.17, 15) is 0 Å². The molecule has 0 aliphatic heterocycles. The number of methoxy groups -OCH3 is 1. The van der Waals surface area contributed by atoms with Gasteiger partial charge in [-0.25, -0.2) is 0 Å². The van der Waals surface area contributed by atoms with Crippen LogP contribution in [0, 0.1) is 0 Å². The van der Waals surface area contributed by atoms with Gasteiger partial charge in [0.25, 0.3) is 0 Å². The van der Waals surface area contributed by atoms with Crippen molar-refractivity contribution >= 4 is 28.7 Å². The normalized spacial score (nSPS) is 11.8. The molecule has 1 aromatic heterocycles. The summed E-state index contributed by atoms with van der Waals surface area (Å²) in [5, 5.41) is 5.78. The van der Waals surface area contributed by atoms with E-state index >= 15 is 0 Å². The molecule has 0 aliphatic carbocycles. The van der Waals surface area contributed by atoms with Gasteiger partial charge in [-0.3, -0.25) is 0 Å². The molecule has 0 bridgehead atoms. The lowest BCUT2D eigenvalue weighted by molar-refractivity contribution is -0.646. The van der Waals surface area contributed by atoms with Crippen LogP contribution in [-0.2, 0) is 11.8 Å². The Hall–Kier alpha value is -1.52. The number of aryl methyl sites for hydroxylation is 1. The molecule has 0 spiro atoms. The number of ether oxygens (including phenoxy) is 1. The third-order valence-electron chi connectivity index (χ3n) is 3.22. The fraction of sp³-hybridized carbons (Fsp3) is 0.312. The Morgan fingerprint density at radius 3 is 2.85 bits per heavy atom. The Morgan fingerprint density at radius 1 is 1.30 bits per heavy atom. The second-order valence-electron chi connectivity index (χ2n) is 4.51. The first-order valence-corrected chi connectivity index (χ1v) is 7.85. The number of benzene rings is 1. The zero-order valence-electron chi connectivity index (χ0n) is 12.2. The molecule has 0 radical (unpaired) electrons. The van der Waals surface area contributed by atoms with Crippen molar-refractivity contribution < 1.29 is 9.30 Å². The molecule has 0 atom stereocenters. The Balaban J connectivity index is 2.29. The van der Waals surface area contributed by atoms with E-state index in [0.29, 0.717) is 6.61 Å². The van der Waals surface area contributed by atoms with E-state index in [1.54, 1.807) is 18.9 Å². The summed E-state index contributed by atoms with van der Waals surface area (Å²) in [7, 11) is 3.81. The van der Waals surface area contributed by atoms with Crippen LogP contribution in [0.2, 0.25) is 0 Å². The monoisotopic (exact) mass is 289 g/mol. The summed E-state index contributed by atoms with van der Waals surface area (Å²) in [4.78, 5) is 0. The molecule has 0 saturated heterocycles. The largest absolute Gasteiger partial charge is 0.383 e. The first kappa shape index (κ1) is 14.9. The van der Waals surface area contributed by atoms with E-state index in [1.165, 1.54) is 16.6 Å². The maximum Gasteiger partial charge on any atom is 0.212 e. The number of fused-ring (bicyclic) bond motifs is 1. The van der Waals surface area contributed by atoms with E-state index < -0.39 is 0 Å². The molecular formula is C16H21N2OS+. The summed E-state index contributed by atoms with van der Waals surface area (Å²) < 4.78 is 7.28. The number of thioether (sulfide) groups is 1. The number of pyridine rings is 1. The molecule has 0 aliphatic rings. The minimum absolute atomic E-state index is 0.710. The van der Waals surface area contributed by atoms with E-state index in [0.717, 1.165) is 11.6 Å². The van der Waals surface area contributed by atoms with Gasteiger partial charge in [0.1, 0.15) is 7.05 Å². The van der Waals surface area contributed by atoms with Crippen molar-refractivity contribution in [2.75, 3.05) is 26.5 Å². The van der Waals surface area contributed by atoms with Crippen LogP contribution in [-0.4, -0.2) is 26.5 Å². The summed E-state index contributed by atoms with van der Waals surface area (Å²) in [6, 6.07) is 12.7. The van der Waals surface area contributed by atoms with Crippen LogP contribution in [0.15, 0.2) is 41.4 Å². The lowest BCUT2D eigenvalue weighted by Gasteiger charge is -2.07. The van der Waals surface area contributed by atoms with Crippen molar-refractivity contribution in [3.8, 4) is 0 Å².